The van der Waals surface area contributed by atoms with Crippen molar-refractivity contribution in [3.05, 3.63) is 65.6 Å². The van der Waals surface area contributed by atoms with Crippen molar-refractivity contribution in [3.8, 4) is 5.95 Å². The van der Waals surface area contributed by atoms with E-state index >= 15 is 0 Å². The molecule has 4 aromatic rings. The van der Waals surface area contributed by atoms with E-state index in [2.05, 4.69) is 25.4 Å². The van der Waals surface area contributed by atoms with Gasteiger partial charge in [-0.2, -0.15) is 9.78 Å². The lowest BCUT2D eigenvalue weighted by atomic mass is 9.86. The summed E-state index contributed by atoms with van der Waals surface area (Å²) in [5, 5.41) is 7.64. The Morgan fingerprint density at radius 3 is 2.77 bits per heavy atom. The maximum atomic E-state index is 12.4. The first-order valence-corrected chi connectivity index (χ1v) is 8.45. The highest BCUT2D eigenvalue weighted by Crippen LogP contribution is 2.39. The van der Waals surface area contributed by atoms with E-state index in [0.717, 1.165) is 27.9 Å². The second-order valence-corrected chi connectivity index (χ2v) is 6.42. The van der Waals surface area contributed by atoms with Crippen molar-refractivity contribution in [2.75, 3.05) is 5.32 Å². The molecule has 0 unspecified atom stereocenters. The van der Waals surface area contributed by atoms with E-state index in [1.54, 1.807) is 17.1 Å². The predicted octanol–water partition coefficient (Wildman–Crippen LogP) is 2.93. The Balaban J connectivity index is 1.69. The Hall–Kier alpha value is -3.48. The molecule has 26 heavy (non-hydrogen) atoms. The molecule has 0 aliphatic carbocycles. The minimum atomic E-state index is -0.0418. The van der Waals surface area contributed by atoms with E-state index in [-0.39, 0.29) is 11.8 Å². The zero-order valence-corrected chi connectivity index (χ0v) is 14.1. The molecule has 1 amide bonds. The van der Waals surface area contributed by atoms with E-state index in [1.807, 2.05) is 43.3 Å². The third kappa shape index (κ3) is 2.21. The lowest BCUT2D eigenvalue weighted by Crippen LogP contribution is -2.25. The van der Waals surface area contributed by atoms with Gasteiger partial charge in [0.05, 0.1) is 16.7 Å². The Labute approximate surface area is 149 Å². The quantitative estimate of drug-likeness (QED) is 0.585. The minimum Gasteiger partial charge on any atom is -0.322 e. The molecule has 1 aromatic carbocycles. The summed E-state index contributed by atoms with van der Waals surface area (Å²) < 4.78 is 1.69. The third-order valence-corrected chi connectivity index (χ3v) is 4.79. The maximum Gasteiger partial charge on any atom is 0.231 e. The fourth-order valence-corrected chi connectivity index (χ4v) is 3.62. The first-order valence-electron chi connectivity index (χ1n) is 8.45. The number of benzene rings is 1. The molecule has 128 valence electrons. The molecule has 7 heteroatoms. The molecule has 0 bridgehead atoms. The normalized spacial score (nSPS) is 16.5. The lowest BCUT2D eigenvalue weighted by molar-refractivity contribution is -0.116. The zero-order chi connectivity index (χ0) is 17.7. The van der Waals surface area contributed by atoms with Gasteiger partial charge >= 0.3 is 0 Å². The monoisotopic (exact) mass is 344 g/mol. The van der Waals surface area contributed by atoms with Gasteiger partial charge in [0.15, 0.2) is 0 Å². The van der Waals surface area contributed by atoms with Crippen LogP contribution < -0.4 is 5.32 Å². The number of H-pyrrole nitrogens is 1. The van der Waals surface area contributed by atoms with Crippen molar-refractivity contribution in [3.63, 3.8) is 0 Å². The van der Waals surface area contributed by atoms with Crippen molar-refractivity contribution < 1.29 is 4.79 Å². The number of aromatic nitrogens is 5. The van der Waals surface area contributed by atoms with Crippen molar-refractivity contribution in [1.29, 1.82) is 0 Å². The van der Waals surface area contributed by atoms with Crippen molar-refractivity contribution in [2.24, 2.45) is 0 Å². The standard InChI is InChI=1S/C19H16N6O/c1-11-17-13(12-6-8-20-9-7-12)10-16(26)23-18(17)25(24-11)19-21-14-4-2-3-5-15(14)22-19/h2-9,13H,10H2,1H3,(H,21,22)(H,23,26)/t13-/m1/s1. The van der Waals surface area contributed by atoms with Gasteiger partial charge in [-0.1, -0.05) is 12.1 Å². The summed E-state index contributed by atoms with van der Waals surface area (Å²) in [6, 6.07) is 11.7. The highest BCUT2D eigenvalue weighted by molar-refractivity contribution is 5.95. The van der Waals surface area contributed by atoms with Crippen LogP contribution in [0.5, 0.6) is 0 Å². The van der Waals surface area contributed by atoms with E-state index in [0.29, 0.717) is 18.2 Å². The number of imidazole rings is 1. The van der Waals surface area contributed by atoms with E-state index in [4.69, 9.17) is 0 Å². The lowest BCUT2D eigenvalue weighted by Gasteiger charge is -2.23. The number of hydrogen-bond acceptors (Lipinski definition) is 4. The highest BCUT2D eigenvalue weighted by Gasteiger charge is 2.33. The maximum absolute atomic E-state index is 12.4. The summed E-state index contributed by atoms with van der Waals surface area (Å²) in [5.74, 6) is 1.20. The number of hydrogen-bond donors (Lipinski definition) is 2. The number of nitrogens with one attached hydrogen (secondary N) is 2. The van der Waals surface area contributed by atoms with Gasteiger partial charge in [0.2, 0.25) is 11.9 Å². The molecule has 2 N–H and O–H groups in total. The average Bonchev–Trinajstić information content (AvgIpc) is 3.23. The Morgan fingerprint density at radius 2 is 1.96 bits per heavy atom. The molecule has 0 saturated carbocycles. The van der Waals surface area contributed by atoms with Crippen molar-refractivity contribution in [2.45, 2.75) is 19.3 Å². The second-order valence-electron chi connectivity index (χ2n) is 6.42. The summed E-state index contributed by atoms with van der Waals surface area (Å²) in [7, 11) is 0. The molecule has 1 aliphatic heterocycles. The summed E-state index contributed by atoms with van der Waals surface area (Å²) >= 11 is 0. The van der Waals surface area contributed by atoms with Crippen LogP contribution >= 0.6 is 0 Å². The van der Waals surface area contributed by atoms with Crippen molar-refractivity contribution >= 4 is 22.8 Å². The Kier molecular flexibility index (Phi) is 3.15. The molecule has 5 rings (SSSR count). The molecule has 0 spiro atoms. The number of para-hydroxylation sites is 2. The Morgan fingerprint density at radius 1 is 1.15 bits per heavy atom. The molecule has 1 atom stereocenters. The van der Waals surface area contributed by atoms with Crippen LogP contribution in [0, 0.1) is 6.92 Å². The van der Waals surface area contributed by atoms with Crippen molar-refractivity contribution in [1.82, 2.24) is 24.7 Å². The van der Waals surface area contributed by atoms with E-state index < -0.39 is 0 Å². The number of aryl methyl sites for hydroxylation is 1. The van der Waals surface area contributed by atoms with Crippen LogP contribution in [0.4, 0.5) is 5.82 Å². The summed E-state index contributed by atoms with van der Waals surface area (Å²) in [6.45, 7) is 1.96. The zero-order valence-electron chi connectivity index (χ0n) is 14.1. The van der Waals surface area contributed by atoms with Gasteiger partial charge in [-0.25, -0.2) is 4.98 Å². The summed E-state index contributed by atoms with van der Waals surface area (Å²) in [5.41, 5.74) is 4.75. The fraction of sp³-hybridized carbons (Fsp3) is 0.158. The minimum absolute atomic E-state index is 0.0310. The molecule has 0 radical (unpaired) electrons. The van der Waals surface area contributed by atoms with Gasteiger partial charge in [-0.3, -0.25) is 9.78 Å². The number of nitrogens with zero attached hydrogens (tertiary/aromatic N) is 4. The Bertz CT molecular complexity index is 1090. The second kappa shape index (κ2) is 5.52. The molecule has 7 nitrogen and oxygen atoms in total. The predicted molar refractivity (Wildman–Crippen MR) is 97.3 cm³/mol. The molecule has 1 aliphatic rings. The van der Waals surface area contributed by atoms with Crippen LogP contribution in [0.3, 0.4) is 0 Å². The van der Waals surface area contributed by atoms with Crippen LogP contribution in [-0.2, 0) is 4.79 Å². The first-order chi connectivity index (χ1) is 12.7. The summed E-state index contributed by atoms with van der Waals surface area (Å²) in [4.78, 5) is 24.3. The average molecular weight is 344 g/mol. The first kappa shape index (κ1) is 14.8. The number of aromatic amines is 1. The van der Waals surface area contributed by atoms with Crippen LogP contribution in [0.1, 0.15) is 29.2 Å². The SMILES string of the molecule is Cc1nn(-c2nc3ccccc3[nH]2)c2c1[C@@H](c1ccncc1)CC(=O)N2. The molecule has 0 saturated heterocycles. The van der Waals surface area contributed by atoms with Crippen LogP contribution in [0.15, 0.2) is 48.8 Å². The molecule has 3 aromatic heterocycles. The number of amides is 1. The smallest absolute Gasteiger partial charge is 0.231 e. The summed E-state index contributed by atoms with van der Waals surface area (Å²) in [6.07, 6.45) is 3.89. The van der Waals surface area contributed by atoms with E-state index in [1.165, 1.54) is 0 Å². The van der Waals surface area contributed by atoms with Gasteiger partial charge in [-0.15, -0.1) is 0 Å². The number of pyridine rings is 1. The van der Waals surface area contributed by atoms with Gasteiger partial charge in [0.1, 0.15) is 5.82 Å². The fourth-order valence-electron chi connectivity index (χ4n) is 3.62. The van der Waals surface area contributed by atoms with Gasteiger partial charge < -0.3 is 10.3 Å². The number of fused-ring (bicyclic) bond motifs is 2. The molecular weight excluding hydrogens is 328 g/mol. The van der Waals surface area contributed by atoms with E-state index in [9.17, 15) is 4.79 Å². The molecular formula is C19H16N6O. The van der Waals surface area contributed by atoms with Crippen LogP contribution in [-0.4, -0.2) is 30.6 Å². The van der Waals surface area contributed by atoms with Gasteiger partial charge in [-0.05, 0) is 36.8 Å². The largest absolute Gasteiger partial charge is 0.322 e. The molecule has 0 fully saturated rings. The van der Waals surface area contributed by atoms with Crippen LogP contribution in [0.2, 0.25) is 0 Å². The van der Waals surface area contributed by atoms with Gasteiger partial charge in [0.25, 0.3) is 0 Å². The number of anilines is 1. The topological polar surface area (TPSA) is 88.5 Å². The number of rotatable bonds is 2. The number of carbonyl (C=O) groups is 1. The number of carbonyl (C=O) groups excluding carboxylic acids is 1. The van der Waals surface area contributed by atoms with Gasteiger partial charge in [0, 0.05) is 30.3 Å². The molecule has 4 heterocycles. The highest BCUT2D eigenvalue weighted by atomic mass is 16.1. The third-order valence-electron chi connectivity index (χ3n) is 4.79. The van der Waals surface area contributed by atoms with Crippen LogP contribution in [0.25, 0.3) is 17.0 Å².